The molecule has 2 atom stereocenters. The number of piperidine rings is 1. The van der Waals surface area contributed by atoms with Crippen LogP contribution in [-0.4, -0.2) is 84.1 Å². The predicted molar refractivity (Wildman–Crippen MR) is 158 cm³/mol. The van der Waals surface area contributed by atoms with E-state index in [0.29, 0.717) is 66.1 Å². The molecule has 14 heteroatoms. The van der Waals surface area contributed by atoms with E-state index in [1.54, 1.807) is 12.4 Å². The molecule has 1 saturated carbocycles. The SMILES string of the molecule is CC1CCC(Cn2c(N3CCO[C@@H]4CN(C(=O)O)CC[C@H]43)nc3cc(-c4noc(=O)[nH]4)nc(-c4cncc(Cl)c4)c32)CC1. The van der Waals surface area contributed by atoms with Crippen molar-refractivity contribution >= 4 is 34.7 Å². The molecule has 226 valence electrons. The largest absolute Gasteiger partial charge is 0.465 e. The molecule has 0 radical (unpaired) electrons. The highest BCUT2D eigenvalue weighted by Gasteiger charge is 2.40. The predicted octanol–water partition coefficient (Wildman–Crippen LogP) is 4.27. The molecule has 13 nitrogen and oxygen atoms in total. The maximum absolute atomic E-state index is 11.8. The molecule has 2 N–H and O–H groups in total. The Hall–Kier alpha value is -3.97. The lowest BCUT2D eigenvalue weighted by molar-refractivity contribution is -0.0300. The number of imidazole rings is 1. The van der Waals surface area contributed by atoms with Gasteiger partial charge in [-0.2, -0.15) is 0 Å². The number of fused-ring (bicyclic) bond motifs is 2. The van der Waals surface area contributed by atoms with Crippen LogP contribution in [0.3, 0.4) is 0 Å². The van der Waals surface area contributed by atoms with Gasteiger partial charge < -0.3 is 24.2 Å². The zero-order valence-corrected chi connectivity index (χ0v) is 24.5. The zero-order chi connectivity index (χ0) is 29.7. The molecule has 3 aliphatic rings. The highest BCUT2D eigenvalue weighted by Crippen LogP contribution is 2.38. The average Bonchev–Trinajstić information content (AvgIpc) is 3.60. The standard InChI is InChI=1S/C29H33ClN8O5/c1-16-2-4-17(5-3-16)14-38-25-20(33-27(38)37-8-9-42-23-15-36(29(40)41)7-6-22(23)37)11-21(26-34-28(39)43-35-26)32-24(25)18-10-19(30)13-31-12-18/h10-13,16-17,22-23H,2-9,14-15H2,1H3,(H,40,41)(H,34,35,39)/t16?,17?,22-,23-/m1/s1. The van der Waals surface area contributed by atoms with Crippen LogP contribution in [0, 0.1) is 11.8 Å². The van der Waals surface area contributed by atoms with Crippen LogP contribution in [0.15, 0.2) is 33.8 Å². The number of H-pyrrole nitrogens is 1. The molecule has 2 aliphatic heterocycles. The summed E-state index contributed by atoms with van der Waals surface area (Å²) in [7, 11) is 0. The molecule has 43 heavy (non-hydrogen) atoms. The molecule has 1 amide bonds. The lowest BCUT2D eigenvalue weighted by atomic mass is 9.83. The van der Waals surface area contributed by atoms with Gasteiger partial charge in [0.2, 0.25) is 11.8 Å². The van der Waals surface area contributed by atoms with Crippen molar-refractivity contribution in [3.05, 3.63) is 40.1 Å². The van der Waals surface area contributed by atoms with Crippen LogP contribution in [0.5, 0.6) is 0 Å². The number of ether oxygens (including phenoxy) is 1. The van der Waals surface area contributed by atoms with Gasteiger partial charge in [0.25, 0.3) is 0 Å². The summed E-state index contributed by atoms with van der Waals surface area (Å²) in [5.41, 5.74) is 3.28. The second-order valence-electron chi connectivity index (χ2n) is 11.9. The molecule has 6 heterocycles. The van der Waals surface area contributed by atoms with E-state index >= 15 is 0 Å². The van der Waals surface area contributed by atoms with Crippen molar-refractivity contribution < 1.29 is 19.2 Å². The van der Waals surface area contributed by atoms with Gasteiger partial charge in [-0.25, -0.2) is 19.6 Å². The number of anilines is 1. The summed E-state index contributed by atoms with van der Waals surface area (Å²) in [6.45, 7) is 4.92. The lowest BCUT2D eigenvalue weighted by Gasteiger charge is -2.46. The number of halogens is 1. The topological polar surface area (TPSA) is 156 Å². The second-order valence-corrected chi connectivity index (χ2v) is 12.3. The van der Waals surface area contributed by atoms with Crippen molar-refractivity contribution in [2.45, 2.75) is 57.7 Å². The number of carbonyl (C=O) groups is 1. The molecule has 4 aromatic heterocycles. The number of nitrogens with zero attached hydrogens (tertiary/aromatic N) is 7. The number of morpholine rings is 1. The Balaban J connectivity index is 1.40. The lowest BCUT2D eigenvalue weighted by Crippen LogP contribution is -2.60. The van der Waals surface area contributed by atoms with Gasteiger partial charge >= 0.3 is 11.8 Å². The third-order valence-electron chi connectivity index (χ3n) is 9.06. The van der Waals surface area contributed by atoms with Crippen molar-refractivity contribution in [2.24, 2.45) is 11.8 Å². The van der Waals surface area contributed by atoms with Crippen LogP contribution < -0.4 is 10.7 Å². The molecular formula is C29H33ClN8O5. The minimum Gasteiger partial charge on any atom is -0.465 e. The zero-order valence-electron chi connectivity index (χ0n) is 23.8. The summed E-state index contributed by atoms with van der Waals surface area (Å²) in [4.78, 5) is 44.4. The smallest absolute Gasteiger partial charge is 0.439 e. The molecule has 0 spiro atoms. The van der Waals surface area contributed by atoms with Crippen molar-refractivity contribution in [1.29, 1.82) is 0 Å². The van der Waals surface area contributed by atoms with Crippen LogP contribution in [0.2, 0.25) is 5.02 Å². The number of amides is 1. The van der Waals surface area contributed by atoms with E-state index in [9.17, 15) is 14.7 Å². The normalized spacial score (nSPS) is 24.3. The fourth-order valence-electron chi connectivity index (χ4n) is 6.83. The summed E-state index contributed by atoms with van der Waals surface area (Å²) in [5, 5.41) is 14.0. The van der Waals surface area contributed by atoms with E-state index in [1.165, 1.54) is 17.7 Å². The molecule has 7 rings (SSSR count). The number of nitrogens with one attached hydrogen (secondary N) is 1. The summed E-state index contributed by atoms with van der Waals surface area (Å²) in [5.74, 6) is 1.52. The van der Waals surface area contributed by atoms with Gasteiger partial charge in [-0.1, -0.05) is 36.5 Å². The van der Waals surface area contributed by atoms with Crippen molar-refractivity contribution in [3.8, 4) is 22.8 Å². The number of hydrogen-bond donors (Lipinski definition) is 2. The summed E-state index contributed by atoms with van der Waals surface area (Å²) in [6.07, 6.45) is 7.37. The Morgan fingerprint density at radius 1 is 1.14 bits per heavy atom. The van der Waals surface area contributed by atoms with E-state index in [1.807, 2.05) is 12.1 Å². The quantitative estimate of drug-likeness (QED) is 0.335. The first-order valence-corrected chi connectivity index (χ1v) is 15.2. The maximum Gasteiger partial charge on any atom is 0.439 e. The highest BCUT2D eigenvalue weighted by atomic mass is 35.5. The van der Waals surface area contributed by atoms with E-state index in [2.05, 4.69) is 31.5 Å². The molecule has 4 aromatic rings. The van der Waals surface area contributed by atoms with Gasteiger partial charge in [-0.3, -0.25) is 14.5 Å². The van der Waals surface area contributed by atoms with Gasteiger partial charge in [0, 0.05) is 37.6 Å². The number of aromatic nitrogens is 6. The molecule has 2 saturated heterocycles. The number of rotatable bonds is 5. The fourth-order valence-corrected chi connectivity index (χ4v) is 7.00. The van der Waals surface area contributed by atoms with E-state index in [0.717, 1.165) is 36.8 Å². The van der Waals surface area contributed by atoms with Crippen molar-refractivity contribution in [1.82, 2.24) is 34.6 Å². The summed E-state index contributed by atoms with van der Waals surface area (Å²) < 4.78 is 13.2. The molecule has 0 bridgehead atoms. The number of hydrogen-bond acceptors (Lipinski definition) is 9. The number of pyridine rings is 2. The minimum absolute atomic E-state index is 0.0260. The van der Waals surface area contributed by atoms with Gasteiger partial charge in [-0.05, 0) is 43.2 Å². The van der Waals surface area contributed by atoms with E-state index in [4.69, 9.17) is 30.8 Å². The van der Waals surface area contributed by atoms with E-state index in [-0.39, 0.29) is 18.0 Å². The highest BCUT2D eigenvalue weighted by molar-refractivity contribution is 6.30. The molecule has 0 aromatic carbocycles. The first kappa shape index (κ1) is 27.8. The van der Waals surface area contributed by atoms with Crippen LogP contribution >= 0.6 is 11.6 Å². The fraction of sp³-hybridized carbons (Fsp3) is 0.517. The first-order valence-electron chi connectivity index (χ1n) is 14.8. The third-order valence-corrected chi connectivity index (χ3v) is 9.26. The van der Waals surface area contributed by atoms with Gasteiger partial charge in [0.15, 0.2) is 0 Å². The van der Waals surface area contributed by atoms with Crippen LogP contribution in [0.4, 0.5) is 10.7 Å². The molecule has 1 aliphatic carbocycles. The molecular weight excluding hydrogens is 576 g/mol. The Bertz CT molecular complexity index is 1710. The van der Waals surface area contributed by atoms with Gasteiger partial charge in [0.05, 0.1) is 47.0 Å². The minimum atomic E-state index is -0.929. The first-order chi connectivity index (χ1) is 20.8. The average molecular weight is 609 g/mol. The molecule has 0 unspecified atom stereocenters. The van der Waals surface area contributed by atoms with Gasteiger partial charge in [0.1, 0.15) is 5.69 Å². The van der Waals surface area contributed by atoms with Crippen molar-refractivity contribution in [2.75, 3.05) is 31.1 Å². The van der Waals surface area contributed by atoms with Crippen LogP contribution in [0.1, 0.15) is 39.0 Å². The Labute approximate surface area is 251 Å². The summed E-state index contributed by atoms with van der Waals surface area (Å²) >= 11 is 6.40. The van der Waals surface area contributed by atoms with Crippen LogP contribution in [0.25, 0.3) is 33.8 Å². The Kier molecular flexibility index (Phi) is 7.29. The summed E-state index contributed by atoms with van der Waals surface area (Å²) in [6, 6.07) is 3.61. The number of carboxylic acid groups (broad SMARTS) is 1. The number of likely N-dealkylation sites (tertiary alicyclic amines) is 1. The second kappa shape index (κ2) is 11.3. The third kappa shape index (κ3) is 5.35. The van der Waals surface area contributed by atoms with E-state index < -0.39 is 11.8 Å². The Morgan fingerprint density at radius 2 is 1.98 bits per heavy atom. The monoisotopic (exact) mass is 608 g/mol. The Morgan fingerprint density at radius 3 is 2.72 bits per heavy atom. The maximum atomic E-state index is 11.8. The number of aromatic amines is 1. The van der Waals surface area contributed by atoms with Crippen molar-refractivity contribution in [3.63, 3.8) is 0 Å². The molecule has 3 fully saturated rings. The van der Waals surface area contributed by atoms with Crippen LogP contribution in [-0.2, 0) is 11.3 Å². The van der Waals surface area contributed by atoms with Gasteiger partial charge in [-0.15, -0.1) is 0 Å².